The molecule has 0 aromatic heterocycles. The van der Waals surface area contributed by atoms with Gasteiger partial charge in [0.25, 0.3) is 5.91 Å². The van der Waals surface area contributed by atoms with E-state index < -0.39 is 0 Å². The smallest absolute Gasteiger partial charge is 0.251 e. The fraction of sp³-hybridized carbons (Fsp3) is 0.500. The van der Waals surface area contributed by atoms with E-state index in [0.29, 0.717) is 18.0 Å². The summed E-state index contributed by atoms with van der Waals surface area (Å²) in [6.45, 7) is 8.07. The number of hydrogen-bond donors (Lipinski definition) is 1. The van der Waals surface area contributed by atoms with Gasteiger partial charge in [0, 0.05) is 25.2 Å². The highest BCUT2D eigenvalue weighted by Crippen LogP contribution is 2.17. The number of nitrogens with one attached hydrogen (secondary N) is 1. The molecule has 1 saturated heterocycles. The largest absolute Gasteiger partial charge is 0.352 e. The molecule has 0 aliphatic carbocycles. The first-order valence-corrected chi connectivity index (χ1v) is 7.96. The lowest BCUT2D eigenvalue weighted by atomic mass is 9.97. The second kappa shape index (κ2) is 8.08. The van der Waals surface area contributed by atoms with Crippen LogP contribution in [0.25, 0.3) is 0 Å². The van der Waals surface area contributed by atoms with Crippen LogP contribution in [-0.4, -0.2) is 37.0 Å². The second-order valence-electron chi connectivity index (χ2n) is 6.10. The maximum atomic E-state index is 12.9. The summed E-state index contributed by atoms with van der Waals surface area (Å²) < 4.78 is 12.9. The van der Waals surface area contributed by atoms with Gasteiger partial charge in [-0.05, 0) is 63.4 Å². The van der Waals surface area contributed by atoms with E-state index in [1.807, 2.05) is 0 Å². The Morgan fingerprint density at radius 1 is 1.41 bits per heavy atom. The fourth-order valence-corrected chi connectivity index (χ4v) is 2.85. The van der Waals surface area contributed by atoms with Crippen molar-refractivity contribution in [1.29, 1.82) is 0 Å². The minimum absolute atomic E-state index is 0.123. The van der Waals surface area contributed by atoms with E-state index in [2.05, 4.69) is 30.1 Å². The molecule has 1 unspecified atom stereocenters. The molecular formula is C18H25FN2O. The standard InChI is InChI=1S/C18H25FN2O/c1-3-14(2)12-21-10-4-5-15(13-21)11-20-18(22)16-6-8-17(19)9-7-16/h3,6-9,15H,4-5,10-13H2,1-2H3,(H,20,22). The molecule has 1 fully saturated rings. The van der Waals surface area contributed by atoms with Crippen LogP contribution in [0.2, 0.25) is 0 Å². The Labute approximate surface area is 132 Å². The summed E-state index contributed by atoms with van der Waals surface area (Å²) in [7, 11) is 0. The quantitative estimate of drug-likeness (QED) is 0.847. The summed E-state index contributed by atoms with van der Waals surface area (Å²) in [5.41, 5.74) is 1.90. The third-order valence-electron chi connectivity index (χ3n) is 4.23. The van der Waals surface area contributed by atoms with Crippen LogP contribution in [-0.2, 0) is 0 Å². The number of allylic oxidation sites excluding steroid dienone is 1. The summed E-state index contributed by atoms with van der Waals surface area (Å²) in [6, 6.07) is 5.68. The molecule has 1 N–H and O–H groups in total. The number of carbonyl (C=O) groups is 1. The molecule has 4 heteroatoms. The summed E-state index contributed by atoms with van der Waals surface area (Å²) in [5, 5.41) is 2.97. The van der Waals surface area contributed by atoms with Crippen LogP contribution >= 0.6 is 0 Å². The van der Waals surface area contributed by atoms with Crippen molar-refractivity contribution in [1.82, 2.24) is 10.2 Å². The number of piperidine rings is 1. The molecule has 0 bridgehead atoms. The van der Waals surface area contributed by atoms with E-state index >= 15 is 0 Å². The summed E-state index contributed by atoms with van der Waals surface area (Å²) >= 11 is 0. The monoisotopic (exact) mass is 304 g/mol. The number of nitrogens with zero attached hydrogens (tertiary/aromatic N) is 1. The second-order valence-corrected chi connectivity index (χ2v) is 6.10. The number of benzene rings is 1. The first-order chi connectivity index (χ1) is 10.6. The maximum Gasteiger partial charge on any atom is 0.251 e. The summed E-state index contributed by atoms with van der Waals surface area (Å²) in [4.78, 5) is 14.5. The van der Waals surface area contributed by atoms with Gasteiger partial charge in [0.2, 0.25) is 0 Å². The molecule has 1 aliphatic heterocycles. The van der Waals surface area contributed by atoms with Gasteiger partial charge in [-0.25, -0.2) is 4.39 Å². The zero-order valence-electron chi connectivity index (χ0n) is 13.4. The highest BCUT2D eigenvalue weighted by atomic mass is 19.1. The van der Waals surface area contributed by atoms with Crippen molar-refractivity contribution in [3.05, 3.63) is 47.3 Å². The average Bonchev–Trinajstić information content (AvgIpc) is 2.53. The van der Waals surface area contributed by atoms with Crippen LogP contribution in [0.5, 0.6) is 0 Å². The third kappa shape index (κ3) is 4.95. The summed E-state index contributed by atoms with van der Waals surface area (Å²) in [6.07, 6.45) is 4.48. The van der Waals surface area contributed by atoms with Gasteiger partial charge in [0.15, 0.2) is 0 Å². The van der Waals surface area contributed by atoms with E-state index in [-0.39, 0.29) is 11.7 Å². The van der Waals surface area contributed by atoms with Crippen LogP contribution < -0.4 is 5.32 Å². The van der Waals surface area contributed by atoms with Gasteiger partial charge in [-0.1, -0.05) is 11.6 Å². The van der Waals surface area contributed by atoms with Crippen molar-refractivity contribution < 1.29 is 9.18 Å². The van der Waals surface area contributed by atoms with Crippen molar-refractivity contribution in [2.75, 3.05) is 26.2 Å². The SMILES string of the molecule is CC=C(C)CN1CCCC(CNC(=O)c2ccc(F)cc2)C1. The van der Waals surface area contributed by atoms with Gasteiger partial charge in [0.05, 0.1) is 0 Å². The van der Waals surface area contributed by atoms with Crippen LogP contribution in [0.4, 0.5) is 4.39 Å². The molecule has 0 spiro atoms. The zero-order valence-corrected chi connectivity index (χ0v) is 13.4. The predicted octanol–water partition coefficient (Wildman–Crippen LogP) is 3.23. The predicted molar refractivity (Wildman–Crippen MR) is 87.3 cm³/mol. The summed E-state index contributed by atoms with van der Waals surface area (Å²) in [5.74, 6) is 0.0448. The van der Waals surface area contributed by atoms with E-state index in [0.717, 1.165) is 26.1 Å². The molecular weight excluding hydrogens is 279 g/mol. The molecule has 1 amide bonds. The number of amides is 1. The molecule has 0 saturated carbocycles. The Morgan fingerprint density at radius 2 is 2.14 bits per heavy atom. The number of halogens is 1. The van der Waals surface area contributed by atoms with Gasteiger partial charge in [0.1, 0.15) is 5.82 Å². The third-order valence-corrected chi connectivity index (χ3v) is 4.23. The van der Waals surface area contributed by atoms with Crippen LogP contribution in [0, 0.1) is 11.7 Å². The number of hydrogen-bond acceptors (Lipinski definition) is 2. The molecule has 1 heterocycles. The lowest BCUT2D eigenvalue weighted by Crippen LogP contribution is -2.41. The van der Waals surface area contributed by atoms with Gasteiger partial charge in [-0.2, -0.15) is 0 Å². The first kappa shape index (κ1) is 16.7. The maximum absolute atomic E-state index is 12.9. The molecule has 1 atom stereocenters. The van der Waals surface area contributed by atoms with Gasteiger partial charge >= 0.3 is 0 Å². The minimum atomic E-state index is -0.321. The van der Waals surface area contributed by atoms with E-state index in [9.17, 15) is 9.18 Å². The van der Waals surface area contributed by atoms with E-state index in [4.69, 9.17) is 0 Å². The van der Waals surface area contributed by atoms with Crippen LogP contribution in [0.15, 0.2) is 35.9 Å². The van der Waals surface area contributed by atoms with Gasteiger partial charge in [-0.15, -0.1) is 0 Å². The lowest BCUT2D eigenvalue weighted by molar-refractivity contribution is 0.0934. The molecule has 1 aliphatic rings. The van der Waals surface area contributed by atoms with Crippen molar-refractivity contribution >= 4 is 5.91 Å². The van der Waals surface area contributed by atoms with Crippen molar-refractivity contribution in [2.24, 2.45) is 5.92 Å². The molecule has 1 aromatic carbocycles. The van der Waals surface area contributed by atoms with Crippen LogP contribution in [0.3, 0.4) is 0 Å². The fourth-order valence-electron chi connectivity index (χ4n) is 2.85. The Morgan fingerprint density at radius 3 is 2.82 bits per heavy atom. The normalized spacial score (nSPS) is 20.0. The lowest BCUT2D eigenvalue weighted by Gasteiger charge is -2.33. The molecule has 2 rings (SSSR count). The van der Waals surface area contributed by atoms with Crippen LogP contribution in [0.1, 0.15) is 37.0 Å². The highest BCUT2D eigenvalue weighted by Gasteiger charge is 2.20. The average molecular weight is 304 g/mol. The van der Waals surface area contributed by atoms with Crippen molar-refractivity contribution in [3.8, 4) is 0 Å². The van der Waals surface area contributed by atoms with Crippen molar-refractivity contribution in [2.45, 2.75) is 26.7 Å². The zero-order chi connectivity index (χ0) is 15.9. The number of carbonyl (C=O) groups excluding carboxylic acids is 1. The number of rotatable bonds is 5. The Kier molecular flexibility index (Phi) is 6.13. The highest BCUT2D eigenvalue weighted by molar-refractivity contribution is 5.94. The molecule has 120 valence electrons. The Hall–Kier alpha value is -1.68. The van der Waals surface area contributed by atoms with Crippen molar-refractivity contribution in [3.63, 3.8) is 0 Å². The molecule has 1 aromatic rings. The van der Waals surface area contributed by atoms with E-state index in [1.165, 1.54) is 36.3 Å². The molecule has 3 nitrogen and oxygen atoms in total. The number of likely N-dealkylation sites (tertiary alicyclic amines) is 1. The minimum Gasteiger partial charge on any atom is -0.352 e. The Bertz CT molecular complexity index is 524. The Balaban J connectivity index is 1.80. The topological polar surface area (TPSA) is 32.3 Å². The molecule has 0 radical (unpaired) electrons. The molecule has 22 heavy (non-hydrogen) atoms. The first-order valence-electron chi connectivity index (χ1n) is 7.96. The van der Waals surface area contributed by atoms with Gasteiger partial charge in [-0.3, -0.25) is 9.69 Å². The van der Waals surface area contributed by atoms with Gasteiger partial charge < -0.3 is 5.32 Å². The van der Waals surface area contributed by atoms with E-state index in [1.54, 1.807) is 0 Å².